The first-order chi connectivity index (χ1) is 8.45. The third-order valence-corrected chi connectivity index (χ3v) is 4.42. The van der Waals surface area contributed by atoms with Crippen molar-refractivity contribution in [1.29, 1.82) is 0 Å². The fourth-order valence-electron chi connectivity index (χ4n) is 1.65. The number of halogens is 3. The van der Waals surface area contributed by atoms with Crippen LogP contribution in [0.15, 0.2) is 16.6 Å². The van der Waals surface area contributed by atoms with Crippen molar-refractivity contribution in [2.24, 2.45) is 0 Å². The molecule has 0 aliphatic carbocycles. The molecule has 0 aliphatic heterocycles. The van der Waals surface area contributed by atoms with Crippen LogP contribution in [0.25, 0.3) is 10.9 Å². The van der Waals surface area contributed by atoms with E-state index in [1.165, 1.54) is 7.11 Å². The predicted molar refractivity (Wildman–Crippen MR) is 75.5 cm³/mol. The summed E-state index contributed by atoms with van der Waals surface area (Å²) in [6, 6.07) is 3.35. The first kappa shape index (κ1) is 13.6. The molecule has 1 aromatic carbocycles. The van der Waals surface area contributed by atoms with Gasteiger partial charge in [-0.15, -0.1) is 0 Å². The Hall–Kier alpha value is -0.840. The number of rotatable bonds is 1. The molecule has 0 saturated heterocycles. The Morgan fingerprint density at radius 3 is 2.67 bits per heavy atom. The van der Waals surface area contributed by atoms with Crippen molar-refractivity contribution in [3.8, 4) is 0 Å². The largest absolute Gasteiger partial charge is 0.465 e. The van der Waals surface area contributed by atoms with E-state index in [1.54, 1.807) is 12.1 Å². The van der Waals surface area contributed by atoms with Gasteiger partial charge in [0.25, 0.3) is 0 Å². The minimum Gasteiger partial charge on any atom is -0.465 e. The molecular formula is C12H8BrCl2NO2. The first-order valence-electron chi connectivity index (χ1n) is 4.99. The summed E-state index contributed by atoms with van der Waals surface area (Å²) in [4.78, 5) is 15.7. The van der Waals surface area contributed by atoms with E-state index in [9.17, 15) is 4.79 Å². The molecule has 0 aliphatic rings. The molecule has 1 heterocycles. The lowest BCUT2D eigenvalue weighted by molar-refractivity contribution is 0.0600. The molecule has 3 nitrogen and oxygen atoms in total. The Morgan fingerprint density at radius 2 is 2.06 bits per heavy atom. The highest BCUT2D eigenvalue weighted by molar-refractivity contribution is 9.10. The molecular weight excluding hydrogens is 341 g/mol. The van der Waals surface area contributed by atoms with Gasteiger partial charge >= 0.3 is 5.97 Å². The SMILES string of the molecule is COC(=O)c1cc2cc(Cl)c(Br)c(C)c2nc1Cl. The Labute approximate surface area is 122 Å². The summed E-state index contributed by atoms with van der Waals surface area (Å²) >= 11 is 15.4. The van der Waals surface area contributed by atoms with Crippen molar-refractivity contribution >= 4 is 56.0 Å². The lowest BCUT2D eigenvalue weighted by atomic mass is 10.1. The van der Waals surface area contributed by atoms with Gasteiger partial charge in [-0.25, -0.2) is 9.78 Å². The standard InChI is InChI=1S/C12H8BrCl2NO2/c1-5-9(13)8(14)4-6-3-7(12(17)18-2)11(15)16-10(5)6/h3-4H,1-2H3. The molecule has 0 unspecified atom stereocenters. The highest BCUT2D eigenvalue weighted by atomic mass is 79.9. The van der Waals surface area contributed by atoms with Crippen LogP contribution >= 0.6 is 39.1 Å². The number of esters is 1. The molecule has 2 aromatic rings. The minimum atomic E-state index is -0.522. The lowest BCUT2D eigenvalue weighted by Gasteiger charge is -2.09. The number of fused-ring (bicyclic) bond motifs is 1. The Kier molecular flexibility index (Phi) is 3.80. The first-order valence-corrected chi connectivity index (χ1v) is 6.53. The number of carbonyl (C=O) groups excluding carboxylic acids is 1. The van der Waals surface area contributed by atoms with Crippen LogP contribution in [0.1, 0.15) is 15.9 Å². The van der Waals surface area contributed by atoms with E-state index in [4.69, 9.17) is 23.2 Å². The number of carbonyl (C=O) groups is 1. The molecule has 0 spiro atoms. The number of ether oxygens (including phenoxy) is 1. The van der Waals surface area contributed by atoms with Crippen molar-refractivity contribution in [3.63, 3.8) is 0 Å². The number of benzene rings is 1. The zero-order valence-electron chi connectivity index (χ0n) is 9.55. The quantitative estimate of drug-likeness (QED) is 0.566. The van der Waals surface area contributed by atoms with Gasteiger partial charge in [0.2, 0.25) is 0 Å². The summed E-state index contributed by atoms with van der Waals surface area (Å²) in [5.41, 5.74) is 1.80. The summed E-state index contributed by atoms with van der Waals surface area (Å²) < 4.78 is 5.41. The Morgan fingerprint density at radius 1 is 1.39 bits per heavy atom. The van der Waals surface area contributed by atoms with Gasteiger partial charge in [-0.1, -0.05) is 23.2 Å². The number of nitrogens with zero attached hydrogens (tertiary/aromatic N) is 1. The zero-order chi connectivity index (χ0) is 13.4. The Bertz CT molecular complexity index is 658. The molecule has 1 aromatic heterocycles. The summed E-state index contributed by atoms with van der Waals surface area (Å²) in [6.45, 7) is 1.87. The van der Waals surface area contributed by atoms with Gasteiger partial charge in [-0.05, 0) is 40.5 Å². The third-order valence-electron chi connectivity index (χ3n) is 2.59. The zero-order valence-corrected chi connectivity index (χ0v) is 12.7. The number of hydrogen-bond donors (Lipinski definition) is 0. The molecule has 0 saturated carbocycles. The minimum absolute atomic E-state index is 0.117. The fourth-order valence-corrected chi connectivity index (χ4v) is 2.43. The second kappa shape index (κ2) is 5.03. The van der Waals surface area contributed by atoms with Crippen molar-refractivity contribution in [2.45, 2.75) is 6.92 Å². The summed E-state index contributed by atoms with van der Waals surface area (Å²) in [6.07, 6.45) is 0. The summed E-state index contributed by atoms with van der Waals surface area (Å²) in [5, 5.41) is 1.41. The van der Waals surface area contributed by atoms with E-state index in [2.05, 4.69) is 25.7 Å². The van der Waals surface area contributed by atoms with Gasteiger partial charge in [-0.3, -0.25) is 0 Å². The maximum Gasteiger partial charge on any atom is 0.341 e. The van der Waals surface area contributed by atoms with Crippen LogP contribution in [0, 0.1) is 6.92 Å². The maximum absolute atomic E-state index is 11.5. The normalized spacial score (nSPS) is 10.7. The number of aryl methyl sites for hydroxylation is 1. The van der Waals surface area contributed by atoms with Crippen LogP contribution in [0.3, 0.4) is 0 Å². The number of hydrogen-bond acceptors (Lipinski definition) is 3. The molecule has 0 radical (unpaired) electrons. The van der Waals surface area contributed by atoms with Crippen LogP contribution < -0.4 is 0 Å². The average Bonchev–Trinajstić information content (AvgIpc) is 2.36. The molecule has 0 amide bonds. The van der Waals surface area contributed by atoms with E-state index in [0.717, 1.165) is 15.4 Å². The van der Waals surface area contributed by atoms with E-state index >= 15 is 0 Å². The molecule has 18 heavy (non-hydrogen) atoms. The summed E-state index contributed by atoms with van der Waals surface area (Å²) in [5.74, 6) is -0.522. The molecule has 0 atom stereocenters. The van der Waals surface area contributed by atoms with Crippen LogP contribution in [0.5, 0.6) is 0 Å². The van der Waals surface area contributed by atoms with Gasteiger partial charge < -0.3 is 4.74 Å². The molecule has 2 rings (SSSR count). The second-order valence-electron chi connectivity index (χ2n) is 3.69. The molecule has 94 valence electrons. The number of pyridine rings is 1. The van der Waals surface area contributed by atoms with E-state index in [0.29, 0.717) is 10.5 Å². The molecule has 0 N–H and O–H groups in total. The Balaban J connectivity index is 2.80. The number of methoxy groups -OCH3 is 1. The number of aromatic nitrogens is 1. The van der Waals surface area contributed by atoms with Crippen LogP contribution in [0.4, 0.5) is 0 Å². The van der Waals surface area contributed by atoms with Gasteiger partial charge in [0.15, 0.2) is 0 Å². The smallest absolute Gasteiger partial charge is 0.341 e. The van der Waals surface area contributed by atoms with E-state index in [-0.39, 0.29) is 10.7 Å². The highest BCUT2D eigenvalue weighted by Crippen LogP contribution is 2.33. The van der Waals surface area contributed by atoms with E-state index < -0.39 is 5.97 Å². The van der Waals surface area contributed by atoms with Crippen LogP contribution in [-0.2, 0) is 4.74 Å². The van der Waals surface area contributed by atoms with Crippen molar-refractivity contribution in [1.82, 2.24) is 4.98 Å². The van der Waals surface area contributed by atoms with Crippen molar-refractivity contribution in [3.05, 3.63) is 37.9 Å². The topological polar surface area (TPSA) is 39.2 Å². The maximum atomic E-state index is 11.5. The molecule has 0 fully saturated rings. The third kappa shape index (κ3) is 2.20. The lowest BCUT2D eigenvalue weighted by Crippen LogP contribution is -2.04. The van der Waals surface area contributed by atoms with Gasteiger partial charge in [0.1, 0.15) is 5.15 Å². The van der Waals surface area contributed by atoms with Crippen molar-refractivity contribution < 1.29 is 9.53 Å². The van der Waals surface area contributed by atoms with Gasteiger partial charge in [-0.2, -0.15) is 0 Å². The van der Waals surface area contributed by atoms with Crippen molar-refractivity contribution in [2.75, 3.05) is 7.11 Å². The fraction of sp³-hybridized carbons (Fsp3) is 0.167. The second-order valence-corrected chi connectivity index (χ2v) is 5.25. The highest BCUT2D eigenvalue weighted by Gasteiger charge is 2.16. The van der Waals surface area contributed by atoms with Gasteiger partial charge in [0.05, 0.1) is 23.2 Å². The summed E-state index contributed by atoms with van der Waals surface area (Å²) in [7, 11) is 1.29. The van der Waals surface area contributed by atoms with E-state index in [1.807, 2.05) is 6.92 Å². The van der Waals surface area contributed by atoms with Crippen LogP contribution in [0.2, 0.25) is 10.2 Å². The monoisotopic (exact) mass is 347 g/mol. The van der Waals surface area contributed by atoms with Gasteiger partial charge in [0, 0.05) is 9.86 Å². The molecule has 6 heteroatoms. The van der Waals surface area contributed by atoms with Crippen LogP contribution in [-0.4, -0.2) is 18.1 Å². The average molecular weight is 349 g/mol. The molecule has 0 bridgehead atoms. The predicted octanol–water partition coefficient (Wildman–Crippen LogP) is 4.40.